The van der Waals surface area contributed by atoms with Crippen molar-refractivity contribution in [3.8, 4) is 5.75 Å². The number of pyridine rings is 1. The van der Waals surface area contributed by atoms with E-state index in [-0.39, 0.29) is 11.9 Å². The first kappa shape index (κ1) is 14.1. The molecule has 1 fully saturated rings. The second-order valence-corrected chi connectivity index (χ2v) is 5.70. The number of carbonyl (C=O) groups excluding carboxylic acids is 1. The van der Waals surface area contributed by atoms with E-state index >= 15 is 0 Å². The number of aromatic nitrogens is 1. The Morgan fingerprint density at radius 3 is 2.86 bits per heavy atom. The van der Waals surface area contributed by atoms with Gasteiger partial charge in [-0.3, -0.25) is 9.78 Å². The fourth-order valence-electron chi connectivity index (χ4n) is 2.76. The van der Waals surface area contributed by atoms with Crippen LogP contribution in [0.15, 0.2) is 24.4 Å². The van der Waals surface area contributed by atoms with Crippen molar-refractivity contribution in [1.82, 2.24) is 10.3 Å². The lowest BCUT2D eigenvalue weighted by atomic mass is 10.1. The molecule has 1 saturated carbocycles. The number of methoxy groups -OCH3 is 1. The van der Waals surface area contributed by atoms with Gasteiger partial charge in [-0.1, -0.05) is 24.4 Å². The third-order valence-electron chi connectivity index (χ3n) is 3.94. The number of benzene rings is 1. The number of hydrogen-bond acceptors (Lipinski definition) is 3. The third kappa shape index (κ3) is 2.81. The standard InChI is InChI=1S/C16H17ClN2O2/c1-21-11-6-7-14-12(8-11)15(17)13(9-18-14)16(20)19-10-4-2-3-5-10/h6-10H,2-5H2,1H3,(H,19,20). The molecule has 1 aromatic carbocycles. The number of carbonyl (C=O) groups is 1. The van der Waals surface area contributed by atoms with Gasteiger partial charge in [-0.25, -0.2) is 0 Å². The van der Waals surface area contributed by atoms with E-state index in [0.717, 1.165) is 23.7 Å². The van der Waals surface area contributed by atoms with Crippen molar-refractivity contribution in [2.45, 2.75) is 31.7 Å². The van der Waals surface area contributed by atoms with E-state index in [1.54, 1.807) is 19.4 Å². The van der Waals surface area contributed by atoms with Gasteiger partial charge in [0.2, 0.25) is 0 Å². The molecule has 110 valence electrons. The first-order valence-corrected chi connectivity index (χ1v) is 7.50. The second-order valence-electron chi connectivity index (χ2n) is 5.32. The minimum absolute atomic E-state index is 0.149. The van der Waals surface area contributed by atoms with Crippen LogP contribution in [-0.4, -0.2) is 24.0 Å². The number of halogens is 1. The molecule has 0 saturated heterocycles. The zero-order valence-electron chi connectivity index (χ0n) is 11.9. The summed E-state index contributed by atoms with van der Waals surface area (Å²) in [7, 11) is 1.60. The Hall–Kier alpha value is -1.81. The number of amides is 1. The fraction of sp³-hybridized carbons (Fsp3) is 0.375. The maximum Gasteiger partial charge on any atom is 0.254 e. The van der Waals surface area contributed by atoms with Crippen LogP contribution in [0.2, 0.25) is 5.02 Å². The molecule has 4 nitrogen and oxygen atoms in total. The van der Waals surface area contributed by atoms with Crippen molar-refractivity contribution in [3.63, 3.8) is 0 Å². The highest BCUT2D eigenvalue weighted by atomic mass is 35.5. The van der Waals surface area contributed by atoms with Crippen LogP contribution >= 0.6 is 11.6 Å². The summed E-state index contributed by atoms with van der Waals surface area (Å²) in [6.07, 6.45) is 5.97. The summed E-state index contributed by atoms with van der Waals surface area (Å²) < 4.78 is 5.20. The Kier molecular flexibility index (Phi) is 3.97. The highest BCUT2D eigenvalue weighted by Crippen LogP contribution is 2.29. The smallest absolute Gasteiger partial charge is 0.254 e. The van der Waals surface area contributed by atoms with Gasteiger partial charge < -0.3 is 10.1 Å². The molecule has 1 aromatic heterocycles. The van der Waals surface area contributed by atoms with Gasteiger partial charge >= 0.3 is 0 Å². The maximum atomic E-state index is 12.4. The predicted octanol–water partition coefficient (Wildman–Crippen LogP) is 3.57. The van der Waals surface area contributed by atoms with Crippen LogP contribution in [0.1, 0.15) is 36.0 Å². The van der Waals surface area contributed by atoms with Crippen molar-refractivity contribution < 1.29 is 9.53 Å². The molecule has 0 spiro atoms. The van der Waals surface area contributed by atoms with E-state index in [9.17, 15) is 4.79 Å². The molecule has 1 heterocycles. The summed E-state index contributed by atoms with van der Waals surface area (Å²) in [5.74, 6) is 0.545. The summed E-state index contributed by atoms with van der Waals surface area (Å²) in [4.78, 5) is 16.7. The molecule has 0 bridgehead atoms. The van der Waals surface area contributed by atoms with Gasteiger partial charge in [0, 0.05) is 17.6 Å². The lowest BCUT2D eigenvalue weighted by Gasteiger charge is -2.13. The lowest BCUT2D eigenvalue weighted by molar-refractivity contribution is 0.0938. The van der Waals surface area contributed by atoms with E-state index in [0.29, 0.717) is 16.3 Å². The number of fused-ring (bicyclic) bond motifs is 1. The van der Waals surface area contributed by atoms with E-state index < -0.39 is 0 Å². The molecule has 0 atom stereocenters. The fourth-order valence-corrected chi connectivity index (χ4v) is 3.04. The van der Waals surface area contributed by atoms with Crippen LogP contribution < -0.4 is 10.1 Å². The molecule has 21 heavy (non-hydrogen) atoms. The van der Waals surface area contributed by atoms with Crippen molar-refractivity contribution in [2.24, 2.45) is 0 Å². The molecular weight excluding hydrogens is 288 g/mol. The quantitative estimate of drug-likeness (QED) is 0.943. The van der Waals surface area contributed by atoms with Gasteiger partial charge in [0.15, 0.2) is 0 Å². The topological polar surface area (TPSA) is 51.2 Å². The summed E-state index contributed by atoms with van der Waals surface area (Å²) in [5.41, 5.74) is 1.17. The predicted molar refractivity (Wildman–Crippen MR) is 83.0 cm³/mol. The summed E-state index contributed by atoms with van der Waals surface area (Å²) in [6, 6.07) is 5.72. The van der Waals surface area contributed by atoms with E-state index in [1.807, 2.05) is 12.1 Å². The lowest BCUT2D eigenvalue weighted by Crippen LogP contribution is -2.32. The molecule has 0 radical (unpaired) electrons. The molecule has 5 heteroatoms. The Labute approximate surface area is 128 Å². The number of hydrogen-bond donors (Lipinski definition) is 1. The van der Waals surface area contributed by atoms with Crippen LogP contribution in [0.4, 0.5) is 0 Å². The molecule has 1 aliphatic rings. The maximum absolute atomic E-state index is 12.4. The molecule has 1 aliphatic carbocycles. The average Bonchev–Trinajstić information content (AvgIpc) is 3.00. The van der Waals surface area contributed by atoms with Crippen molar-refractivity contribution in [1.29, 1.82) is 0 Å². The van der Waals surface area contributed by atoms with Crippen LogP contribution in [0, 0.1) is 0 Å². The summed E-state index contributed by atoms with van der Waals surface area (Å²) in [6.45, 7) is 0. The summed E-state index contributed by atoms with van der Waals surface area (Å²) in [5, 5.41) is 4.19. The van der Waals surface area contributed by atoms with Crippen molar-refractivity contribution in [3.05, 3.63) is 35.0 Å². The van der Waals surface area contributed by atoms with E-state index in [2.05, 4.69) is 10.3 Å². The number of nitrogens with one attached hydrogen (secondary N) is 1. The molecule has 2 aromatic rings. The molecule has 1 amide bonds. The van der Waals surface area contributed by atoms with Gasteiger partial charge in [0.25, 0.3) is 5.91 Å². The second kappa shape index (κ2) is 5.90. The van der Waals surface area contributed by atoms with Crippen molar-refractivity contribution >= 4 is 28.4 Å². The molecule has 0 unspecified atom stereocenters. The first-order valence-electron chi connectivity index (χ1n) is 7.12. The molecule has 0 aliphatic heterocycles. The Balaban J connectivity index is 1.94. The van der Waals surface area contributed by atoms with Gasteiger partial charge in [-0.05, 0) is 31.0 Å². The number of nitrogens with zero attached hydrogens (tertiary/aromatic N) is 1. The highest BCUT2D eigenvalue weighted by Gasteiger charge is 2.20. The SMILES string of the molecule is COc1ccc2ncc(C(=O)NC3CCCC3)c(Cl)c2c1. The van der Waals surface area contributed by atoms with Crippen molar-refractivity contribution in [2.75, 3.05) is 7.11 Å². The Morgan fingerprint density at radius 1 is 1.38 bits per heavy atom. The Bertz CT molecular complexity index is 681. The van der Waals surface area contributed by atoms with Crippen LogP contribution in [0.25, 0.3) is 10.9 Å². The van der Waals surface area contributed by atoms with Gasteiger partial charge in [-0.15, -0.1) is 0 Å². The molecular formula is C16H17ClN2O2. The third-order valence-corrected chi connectivity index (χ3v) is 4.35. The van der Waals surface area contributed by atoms with Crippen LogP contribution in [0.5, 0.6) is 5.75 Å². The van der Waals surface area contributed by atoms with Crippen LogP contribution in [0.3, 0.4) is 0 Å². The molecule has 1 N–H and O–H groups in total. The molecule has 3 rings (SSSR count). The minimum Gasteiger partial charge on any atom is -0.497 e. The average molecular weight is 305 g/mol. The minimum atomic E-state index is -0.149. The van der Waals surface area contributed by atoms with Crippen LogP contribution in [-0.2, 0) is 0 Å². The van der Waals surface area contributed by atoms with Gasteiger partial charge in [0.1, 0.15) is 5.75 Å². The zero-order valence-corrected chi connectivity index (χ0v) is 12.6. The monoisotopic (exact) mass is 304 g/mol. The highest BCUT2D eigenvalue weighted by molar-refractivity contribution is 6.38. The zero-order chi connectivity index (χ0) is 14.8. The Morgan fingerprint density at radius 2 is 2.14 bits per heavy atom. The van der Waals surface area contributed by atoms with E-state index in [4.69, 9.17) is 16.3 Å². The largest absolute Gasteiger partial charge is 0.497 e. The first-order chi connectivity index (χ1) is 10.2. The van der Waals surface area contributed by atoms with E-state index in [1.165, 1.54) is 12.8 Å². The van der Waals surface area contributed by atoms with Gasteiger partial charge in [0.05, 0.1) is 23.2 Å². The van der Waals surface area contributed by atoms with Gasteiger partial charge in [-0.2, -0.15) is 0 Å². The number of ether oxygens (including phenoxy) is 1. The summed E-state index contributed by atoms with van der Waals surface area (Å²) >= 11 is 6.39. The number of rotatable bonds is 3. The normalized spacial score (nSPS) is 15.3.